The second-order valence-electron chi connectivity index (χ2n) is 3.65. The third-order valence-electron chi connectivity index (χ3n) is 2.60. The molecule has 0 aromatic carbocycles. The largest absolute Gasteiger partial charge is 0.316 e. The Hall–Kier alpha value is 0.580. The highest BCUT2D eigenvalue weighted by molar-refractivity contribution is 14.2. The van der Waals surface area contributed by atoms with Gasteiger partial charge in [-0.15, -0.1) is 0 Å². The average molecular weight is 326 g/mol. The minimum Gasteiger partial charge on any atom is -0.316 e. The molecule has 1 unspecified atom stereocenters. The first-order chi connectivity index (χ1) is 6.79. The highest BCUT2D eigenvalue weighted by atomic mass is 127. The molecule has 1 N–H and O–H groups in total. The van der Waals surface area contributed by atoms with Crippen LogP contribution in [0.2, 0.25) is 0 Å². The minimum absolute atomic E-state index is 0.718. The van der Waals surface area contributed by atoms with Crippen LogP contribution in [0.25, 0.3) is 0 Å². The van der Waals surface area contributed by atoms with Crippen molar-refractivity contribution in [1.82, 2.24) is 9.62 Å². The van der Waals surface area contributed by atoms with Gasteiger partial charge in [-0.1, -0.05) is 13.0 Å². The number of hydrogen-bond acceptors (Lipinski definition) is 3. The predicted octanol–water partition coefficient (Wildman–Crippen LogP) is 3.21. The first-order valence-electron chi connectivity index (χ1n) is 5.22. The Morgan fingerprint density at radius 3 is 3.00 bits per heavy atom. The molecule has 0 bridgehead atoms. The molecule has 1 aliphatic rings. The van der Waals surface area contributed by atoms with E-state index in [9.17, 15) is 0 Å². The van der Waals surface area contributed by atoms with Gasteiger partial charge in [-0.3, -0.25) is 0 Å². The maximum absolute atomic E-state index is 3.47. The number of nitrogens with zero attached hydrogens (tertiary/aromatic N) is 1. The molecule has 1 saturated heterocycles. The van der Waals surface area contributed by atoms with E-state index >= 15 is 0 Å². The lowest BCUT2D eigenvalue weighted by Crippen LogP contribution is -2.33. The van der Waals surface area contributed by atoms with Crippen LogP contribution in [0.5, 0.6) is 0 Å². The second kappa shape index (κ2) is 6.95. The van der Waals surface area contributed by atoms with E-state index in [1.54, 1.807) is 9.12 Å². The molecule has 0 radical (unpaired) electrons. The van der Waals surface area contributed by atoms with Crippen LogP contribution in [0.3, 0.4) is 0 Å². The molecule has 14 heavy (non-hydrogen) atoms. The predicted molar refractivity (Wildman–Crippen MR) is 73.3 cm³/mol. The molecule has 1 aliphatic heterocycles. The molecule has 1 heterocycles. The Balaban J connectivity index is 2.61. The smallest absolute Gasteiger partial charge is 0.0249 e. The van der Waals surface area contributed by atoms with Gasteiger partial charge in [-0.25, -0.2) is 0 Å². The number of nitrogens with one attached hydrogen (secondary N) is 1. The summed E-state index contributed by atoms with van der Waals surface area (Å²) in [4.78, 5) is 0. The minimum atomic E-state index is 0.718. The molecule has 82 valence electrons. The normalized spacial score (nSPS) is 23.6. The van der Waals surface area contributed by atoms with Crippen LogP contribution < -0.4 is 5.32 Å². The monoisotopic (exact) mass is 326 g/mol. The summed E-state index contributed by atoms with van der Waals surface area (Å²) in [5.74, 6) is 0.718. The Morgan fingerprint density at radius 2 is 2.50 bits per heavy atom. The number of piperidine rings is 1. The maximum atomic E-state index is 3.47. The van der Waals surface area contributed by atoms with E-state index in [2.05, 4.69) is 50.9 Å². The summed E-state index contributed by atoms with van der Waals surface area (Å²) >= 11 is 2.35. The molecule has 1 rings (SSSR count). The van der Waals surface area contributed by atoms with Gasteiger partial charge in [-0.05, 0) is 25.8 Å². The zero-order valence-electron chi connectivity index (χ0n) is 8.92. The van der Waals surface area contributed by atoms with Crippen LogP contribution in [0.15, 0.2) is 11.8 Å². The van der Waals surface area contributed by atoms with Gasteiger partial charge in [0, 0.05) is 55.5 Å². The Kier molecular flexibility index (Phi) is 6.28. The zero-order valence-corrected chi connectivity index (χ0v) is 11.9. The van der Waals surface area contributed by atoms with Crippen LogP contribution in [0.4, 0.5) is 0 Å². The molecule has 1 atom stereocenters. The van der Waals surface area contributed by atoms with Crippen molar-refractivity contribution in [2.24, 2.45) is 5.92 Å². The Labute approximate surface area is 104 Å². The number of rotatable bonds is 4. The maximum Gasteiger partial charge on any atom is 0.0249 e. The van der Waals surface area contributed by atoms with Crippen LogP contribution in [0, 0.1) is 5.92 Å². The highest BCUT2D eigenvalue weighted by Crippen LogP contribution is 2.29. The summed E-state index contributed by atoms with van der Waals surface area (Å²) in [5.41, 5.74) is 1.50. The van der Waals surface area contributed by atoms with Crippen molar-refractivity contribution < 1.29 is 0 Å². The van der Waals surface area contributed by atoms with E-state index in [-0.39, 0.29) is 0 Å². The van der Waals surface area contributed by atoms with Crippen molar-refractivity contribution in [2.75, 3.05) is 20.1 Å². The number of hydrogen-bond donors (Lipinski definition) is 1. The lowest BCUT2D eigenvalue weighted by atomic mass is 9.95. The van der Waals surface area contributed by atoms with Gasteiger partial charge in [0.1, 0.15) is 0 Å². The van der Waals surface area contributed by atoms with E-state index in [4.69, 9.17) is 0 Å². The van der Waals surface area contributed by atoms with E-state index in [0.29, 0.717) is 0 Å². The third-order valence-corrected chi connectivity index (χ3v) is 4.79. The van der Waals surface area contributed by atoms with Crippen LogP contribution in [-0.2, 0) is 0 Å². The Morgan fingerprint density at radius 1 is 1.71 bits per heavy atom. The second-order valence-corrected chi connectivity index (χ2v) is 5.51. The molecular formula is C10H19IN2S. The molecule has 2 nitrogen and oxygen atoms in total. The summed E-state index contributed by atoms with van der Waals surface area (Å²) in [6.07, 6.45) is 6.14. The quantitative estimate of drug-likeness (QED) is 0.631. The fourth-order valence-corrected chi connectivity index (χ4v) is 2.89. The van der Waals surface area contributed by atoms with Crippen LogP contribution >= 0.6 is 30.3 Å². The van der Waals surface area contributed by atoms with Crippen molar-refractivity contribution in [3.63, 3.8) is 0 Å². The molecule has 0 amide bonds. The van der Waals surface area contributed by atoms with Gasteiger partial charge in [-0.2, -0.15) is 0 Å². The third kappa shape index (κ3) is 3.62. The highest BCUT2D eigenvalue weighted by Gasteiger charge is 2.19. The van der Waals surface area contributed by atoms with Gasteiger partial charge >= 0.3 is 0 Å². The van der Waals surface area contributed by atoms with E-state index in [1.165, 1.54) is 25.1 Å². The van der Waals surface area contributed by atoms with Crippen molar-refractivity contribution >= 4 is 30.3 Å². The molecule has 0 saturated carbocycles. The summed E-state index contributed by atoms with van der Waals surface area (Å²) in [6.45, 7) is 4.55. The standard InChI is InChI=1S/C10H19IN2S/c1-3-5-10(13(2)14-11)9-6-4-7-12-8-9/h5,9,12H,3-4,6-8H2,1-2H3/b10-5-. The van der Waals surface area contributed by atoms with E-state index in [1.807, 2.05) is 0 Å². The van der Waals surface area contributed by atoms with Crippen molar-refractivity contribution in [3.05, 3.63) is 11.8 Å². The molecule has 1 fully saturated rings. The molecule has 0 spiro atoms. The summed E-state index contributed by atoms with van der Waals surface area (Å²) in [6, 6.07) is 0. The lowest BCUT2D eigenvalue weighted by molar-refractivity contribution is 0.384. The van der Waals surface area contributed by atoms with Gasteiger partial charge in [0.2, 0.25) is 0 Å². The fourth-order valence-electron chi connectivity index (χ4n) is 1.91. The Bertz CT molecular complexity index is 191. The SMILES string of the molecule is CC/C=C(/C1CCCNC1)N(C)SI. The first kappa shape index (κ1) is 12.6. The van der Waals surface area contributed by atoms with Gasteiger partial charge < -0.3 is 9.62 Å². The lowest BCUT2D eigenvalue weighted by Gasteiger charge is -2.30. The molecule has 0 aliphatic carbocycles. The van der Waals surface area contributed by atoms with Crippen LogP contribution in [-0.4, -0.2) is 24.4 Å². The molecular weight excluding hydrogens is 307 g/mol. The van der Waals surface area contributed by atoms with Gasteiger partial charge in [0.05, 0.1) is 0 Å². The number of allylic oxidation sites excluding steroid dienone is 1. The molecule has 0 aromatic rings. The van der Waals surface area contributed by atoms with E-state index < -0.39 is 0 Å². The summed E-state index contributed by atoms with van der Waals surface area (Å²) in [7, 11) is 3.93. The average Bonchev–Trinajstić information content (AvgIpc) is 2.26. The van der Waals surface area contributed by atoms with Gasteiger partial charge in [0.15, 0.2) is 0 Å². The summed E-state index contributed by atoms with van der Waals surface area (Å²) < 4.78 is 2.29. The van der Waals surface area contributed by atoms with E-state index in [0.717, 1.165) is 18.9 Å². The number of halogens is 1. The van der Waals surface area contributed by atoms with Crippen LogP contribution in [0.1, 0.15) is 26.2 Å². The topological polar surface area (TPSA) is 15.3 Å². The van der Waals surface area contributed by atoms with Crippen molar-refractivity contribution in [3.8, 4) is 0 Å². The first-order valence-corrected chi connectivity index (χ1v) is 8.54. The molecule has 0 aromatic heterocycles. The van der Waals surface area contributed by atoms with Gasteiger partial charge in [0.25, 0.3) is 0 Å². The summed E-state index contributed by atoms with van der Waals surface area (Å²) in [5, 5.41) is 3.47. The van der Waals surface area contributed by atoms with Crippen molar-refractivity contribution in [1.29, 1.82) is 0 Å². The fraction of sp³-hybridized carbons (Fsp3) is 0.800. The zero-order chi connectivity index (χ0) is 10.4. The van der Waals surface area contributed by atoms with Crippen molar-refractivity contribution in [2.45, 2.75) is 26.2 Å². The molecule has 4 heteroatoms.